The van der Waals surface area contributed by atoms with E-state index in [0.717, 1.165) is 16.3 Å². The van der Waals surface area contributed by atoms with E-state index < -0.39 is 0 Å². The monoisotopic (exact) mass is 289 g/mol. The predicted molar refractivity (Wildman–Crippen MR) is 79.2 cm³/mol. The van der Waals surface area contributed by atoms with E-state index in [-0.39, 0.29) is 5.78 Å². The number of hydrogen-bond acceptors (Lipinski definition) is 4. The Hall–Kier alpha value is -1.49. The van der Waals surface area contributed by atoms with Crippen LogP contribution in [0, 0.1) is 6.92 Å². The van der Waals surface area contributed by atoms with Gasteiger partial charge in [0.2, 0.25) is 0 Å². The zero-order valence-electron chi connectivity index (χ0n) is 11.7. The highest BCUT2D eigenvalue weighted by Gasteiger charge is 2.18. The molecule has 0 aromatic carbocycles. The van der Waals surface area contributed by atoms with Gasteiger partial charge in [-0.3, -0.25) is 9.48 Å². The molecule has 1 saturated carbocycles. The van der Waals surface area contributed by atoms with Crippen LogP contribution in [0.25, 0.3) is 0 Å². The Morgan fingerprint density at radius 3 is 2.90 bits per heavy atom. The van der Waals surface area contributed by atoms with Crippen LogP contribution in [0.3, 0.4) is 0 Å². The predicted octanol–water partition coefficient (Wildman–Crippen LogP) is 3.58. The van der Waals surface area contributed by atoms with Gasteiger partial charge in [0.25, 0.3) is 0 Å². The zero-order valence-corrected chi connectivity index (χ0v) is 12.5. The molecule has 0 saturated heterocycles. The summed E-state index contributed by atoms with van der Waals surface area (Å²) in [5.74, 6) is 0.124. The smallest absolute Gasteiger partial charge is 0.180 e. The summed E-state index contributed by atoms with van der Waals surface area (Å²) in [6, 6.07) is 2.50. The van der Waals surface area contributed by atoms with Crippen LogP contribution in [0.15, 0.2) is 17.8 Å². The maximum atomic E-state index is 12.2. The minimum Gasteiger partial charge on any atom is -0.293 e. The van der Waals surface area contributed by atoms with Gasteiger partial charge >= 0.3 is 0 Å². The summed E-state index contributed by atoms with van der Waals surface area (Å²) in [4.78, 5) is 17.1. The first kappa shape index (κ1) is 13.5. The fourth-order valence-corrected chi connectivity index (χ4v) is 3.58. The van der Waals surface area contributed by atoms with Crippen LogP contribution in [-0.2, 0) is 6.42 Å². The number of carbonyl (C=O) groups is 1. The molecule has 20 heavy (non-hydrogen) atoms. The number of Topliss-reactive ketones (excluding diaryl/α,β-unsaturated/α-hetero) is 1. The van der Waals surface area contributed by atoms with E-state index in [4.69, 9.17) is 0 Å². The SMILES string of the molecule is Cc1ncsc1C(=O)Cc1ccn(C2CCCCC2)n1. The molecule has 2 aromatic rings. The molecule has 0 atom stereocenters. The molecular weight excluding hydrogens is 270 g/mol. The molecular formula is C15H19N3OS. The normalized spacial score (nSPS) is 16.4. The van der Waals surface area contributed by atoms with E-state index in [1.165, 1.54) is 43.4 Å². The fourth-order valence-electron chi connectivity index (χ4n) is 2.83. The summed E-state index contributed by atoms with van der Waals surface area (Å²) in [6.45, 7) is 1.88. The van der Waals surface area contributed by atoms with Gasteiger partial charge in [-0.05, 0) is 25.8 Å². The summed E-state index contributed by atoms with van der Waals surface area (Å²) in [5, 5.41) is 4.59. The number of aryl methyl sites for hydroxylation is 1. The number of aromatic nitrogens is 3. The maximum Gasteiger partial charge on any atom is 0.180 e. The van der Waals surface area contributed by atoms with Crippen molar-refractivity contribution in [2.75, 3.05) is 0 Å². The summed E-state index contributed by atoms with van der Waals surface area (Å²) in [6.07, 6.45) is 8.75. The van der Waals surface area contributed by atoms with E-state index in [2.05, 4.69) is 14.8 Å². The number of ketones is 1. The minimum atomic E-state index is 0.124. The van der Waals surface area contributed by atoms with Gasteiger partial charge in [0.1, 0.15) is 0 Å². The molecule has 0 spiro atoms. The Labute approximate surface area is 122 Å². The molecule has 1 aliphatic rings. The number of rotatable bonds is 4. The number of thiazole rings is 1. The van der Waals surface area contributed by atoms with Gasteiger partial charge < -0.3 is 0 Å². The Bertz CT molecular complexity index is 596. The van der Waals surface area contributed by atoms with Crippen molar-refractivity contribution >= 4 is 17.1 Å². The van der Waals surface area contributed by atoms with Gasteiger partial charge in [0, 0.05) is 6.20 Å². The van der Waals surface area contributed by atoms with Crippen LogP contribution < -0.4 is 0 Å². The van der Waals surface area contributed by atoms with Crippen LogP contribution >= 0.6 is 11.3 Å². The Kier molecular flexibility index (Phi) is 3.96. The highest BCUT2D eigenvalue weighted by atomic mass is 32.1. The third kappa shape index (κ3) is 2.82. The van der Waals surface area contributed by atoms with Crippen LogP contribution in [0.4, 0.5) is 0 Å². The largest absolute Gasteiger partial charge is 0.293 e. The van der Waals surface area contributed by atoms with E-state index in [1.54, 1.807) is 5.51 Å². The lowest BCUT2D eigenvalue weighted by molar-refractivity contribution is 0.0994. The number of carbonyl (C=O) groups excluding carboxylic acids is 1. The zero-order chi connectivity index (χ0) is 13.9. The average molecular weight is 289 g/mol. The third-order valence-electron chi connectivity index (χ3n) is 3.95. The number of nitrogens with zero attached hydrogens (tertiary/aromatic N) is 3. The van der Waals surface area contributed by atoms with E-state index in [9.17, 15) is 4.79 Å². The van der Waals surface area contributed by atoms with Crippen LogP contribution in [0.1, 0.15) is 59.2 Å². The van der Waals surface area contributed by atoms with Gasteiger partial charge in [-0.1, -0.05) is 19.3 Å². The summed E-state index contributed by atoms with van der Waals surface area (Å²) in [5.41, 5.74) is 3.42. The summed E-state index contributed by atoms with van der Waals surface area (Å²) in [7, 11) is 0. The lowest BCUT2D eigenvalue weighted by Gasteiger charge is -2.21. The molecule has 5 heteroatoms. The molecule has 0 amide bonds. The van der Waals surface area contributed by atoms with Gasteiger partial charge in [-0.25, -0.2) is 4.98 Å². The Morgan fingerprint density at radius 2 is 2.20 bits per heavy atom. The number of hydrogen-bond donors (Lipinski definition) is 0. The molecule has 0 aliphatic heterocycles. The van der Waals surface area contributed by atoms with Crippen molar-refractivity contribution in [3.8, 4) is 0 Å². The Morgan fingerprint density at radius 1 is 1.40 bits per heavy atom. The second kappa shape index (κ2) is 5.87. The van der Waals surface area contributed by atoms with Crippen molar-refractivity contribution in [1.82, 2.24) is 14.8 Å². The van der Waals surface area contributed by atoms with Crippen molar-refractivity contribution in [2.24, 2.45) is 0 Å². The molecule has 0 N–H and O–H groups in total. The minimum absolute atomic E-state index is 0.124. The standard InChI is InChI=1S/C15H19N3OS/c1-11-15(20-10-16-11)14(19)9-12-7-8-18(17-12)13-5-3-2-4-6-13/h7-8,10,13H,2-6,9H2,1H3. The summed E-state index contributed by atoms with van der Waals surface area (Å²) < 4.78 is 2.06. The third-order valence-corrected chi connectivity index (χ3v) is 4.92. The molecule has 0 unspecified atom stereocenters. The molecule has 4 nitrogen and oxygen atoms in total. The quantitative estimate of drug-likeness (QED) is 0.808. The van der Waals surface area contributed by atoms with Gasteiger partial charge in [-0.15, -0.1) is 11.3 Å². The molecule has 1 aliphatic carbocycles. The van der Waals surface area contributed by atoms with E-state index in [1.807, 2.05) is 19.2 Å². The molecule has 106 valence electrons. The van der Waals surface area contributed by atoms with E-state index in [0.29, 0.717) is 12.5 Å². The summed E-state index contributed by atoms with van der Waals surface area (Å²) >= 11 is 1.42. The van der Waals surface area contributed by atoms with Gasteiger partial charge in [0.15, 0.2) is 5.78 Å². The van der Waals surface area contributed by atoms with E-state index >= 15 is 0 Å². The highest BCUT2D eigenvalue weighted by molar-refractivity contribution is 7.11. The molecule has 2 aromatic heterocycles. The first-order chi connectivity index (χ1) is 9.74. The first-order valence-corrected chi connectivity index (χ1v) is 8.09. The van der Waals surface area contributed by atoms with Crippen molar-refractivity contribution in [3.05, 3.63) is 34.0 Å². The lowest BCUT2D eigenvalue weighted by atomic mass is 9.96. The van der Waals surface area contributed by atoms with Gasteiger partial charge in [-0.2, -0.15) is 5.10 Å². The van der Waals surface area contributed by atoms with Crippen LogP contribution in [-0.4, -0.2) is 20.5 Å². The molecule has 0 radical (unpaired) electrons. The van der Waals surface area contributed by atoms with Crippen molar-refractivity contribution in [1.29, 1.82) is 0 Å². The molecule has 2 heterocycles. The second-order valence-electron chi connectivity index (χ2n) is 5.45. The highest BCUT2D eigenvalue weighted by Crippen LogP contribution is 2.27. The van der Waals surface area contributed by atoms with Gasteiger partial charge in [0.05, 0.1) is 34.2 Å². The van der Waals surface area contributed by atoms with Crippen LogP contribution in [0.2, 0.25) is 0 Å². The van der Waals surface area contributed by atoms with Crippen molar-refractivity contribution in [2.45, 2.75) is 51.5 Å². The topological polar surface area (TPSA) is 47.8 Å². The van der Waals surface area contributed by atoms with Crippen molar-refractivity contribution in [3.63, 3.8) is 0 Å². The first-order valence-electron chi connectivity index (χ1n) is 7.21. The second-order valence-corrected chi connectivity index (χ2v) is 6.30. The fraction of sp³-hybridized carbons (Fsp3) is 0.533. The average Bonchev–Trinajstić information content (AvgIpc) is 3.09. The molecule has 3 rings (SSSR count). The van der Waals surface area contributed by atoms with Crippen molar-refractivity contribution < 1.29 is 4.79 Å². The molecule has 0 bridgehead atoms. The Balaban J connectivity index is 1.68. The lowest BCUT2D eigenvalue weighted by Crippen LogP contribution is -2.14. The van der Waals surface area contributed by atoms with Crippen LogP contribution in [0.5, 0.6) is 0 Å². The molecule has 1 fully saturated rings. The maximum absolute atomic E-state index is 12.2.